The lowest BCUT2D eigenvalue weighted by Gasteiger charge is -2.38. The quantitative estimate of drug-likeness (QED) is 0.728. The number of nitrogens with one attached hydrogen (secondary N) is 1. The van der Waals surface area contributed by atoms with E-state index in [1.165, 1.54) is 16.7 Å². The third kappa shape index (κ3) is 4.28. The summed E-state index contributed by atoms with van der Waals surface area (Å²) in [5.74, 6) is 2.00. The number of aliphatic hydroxyl groups is 1. The van der Waals surface area contributed by atoms with Gasteiger partial charge >= 0.3 is 0 Å². The second-order valence-corrected chi connectivity index (χ2v) is 7.74. The summed E-state index contributed by atoms with van der Waals surface area (Å²) >= 11 is 0. The van der Waals surface area contributed by atoms with Gasteiger partial charge in [0.15, 0.2) is 0 Å². The molecular weight excluding hydrogens is 338 g/mol. The SMILES string of the molecule is Cc1c(C)c2c(c(C)c1OCc1ccccc1)CCC(C)(CNCCO)O2. The summed E-state index contributed by atoms with van der Waals surface area (Å²) in [6, 6.07) is 10.3. The highest BCUT2D eigenvalue weighted by Crippen LogP contribution is 2.43. The summed E-state index contributed by atoms with van der Waals surface area (Å²) in [5, 5.41) is 12.3. The molecular formula is C23H31NO3. The first-order valence-electron chi connectivity index (χ1n) is 9.75. The first-order chi connectivity index (χ1) is 12.9. The lowest BCUT2D eigenvalue weighted by atomic mass is 9.87. The number of rotatable bonds is 7. The Balaban J connectivity index is 1.83. The fourth-order valence-electron chi connectivity index (χ4n) is 3.78. The van der Waals surface area contributed by atoms with Crippen LogP contribution in [0.2, 0.25) is 0 Å². The molecule has 0 bridgehead atoms. The number of hydrogen-bond acceptors (Lipinski definition) is 4. The van der Waals surface area contributed by atoms with Crippen LogP contribution >= 0.6 is 0 Å². The van der Waals surface area contributed by atoms with Crippen molar-refractivity contribution in [3.05, 3.63) is 58.1 Å². The molecule has 1 heterocycles. The van der Waals surface area contributed by atoms with Crippen LogP contribution in [0.25, 0.3) is 0 Å². The normalized spacial score (nSPS) is 18.7. The van der Waals surface area contributed by atoms with Gasteiger partial charge in [-0.15, -0.1) is 0 Å². The van der Waals surface area contributed by atoms with Crippen molar-refractivity contribution in [3.63, 3.8) is 0 Å². The summed E-state index contributed by atoms with van der Waals surface area (Å²) in [4.78, 5) is 0. The predicted octanol–water partition coefficient (Wildman–Crippen LogP) is 3.86. The van der Waals surface area contributed by atoms with Gasteiger partial charge in [-0.05, 0) is 62.8 Å². The van der Waals surface area contributed by atoms with Gasteiger partial charge in [-0.1, -0.05) is 30.3 Å². The highest BCUT2D eigenvalue weighted by molar-refractivity contribution is 5.59. The minimum absolute atomic E-state index is 0.145. The van der Waals surface area contributed by atoms with Gasteiger partial charge in [-0.25, -0.2) is 0 Å². The van der Waals surface area contributed by atoms with Crippen molar-refractivity contribution in [1.82, 2.24) is 5.32 Å². The van der Waals surface area contributed by atoms with Crippen LogP contribution in [0.1, 0.15) is 41.2 Å². The van der Waals surface area contributed by atoms with Crippen molar-refractivity contribution in [2.24, 2.45) is 0 Å². The predicted molar refractivity (Wildman–Crippen MR) is 109 cm³/mol. The molecule has 0 fully saturated rings. The highest BCUT2D eigenvalue weighted by Gasteiger charge is 2.34. The van der Waals surface area contributed by atoms with Crippen LogP contribution in [0, 0.1) is 20.8 Å². The van der Waals surface area contributed by atoms with Gasteiger partial charge in [-0.3, -0.25) is 0 Å². The molecule has 0 saturated heterocycles. The molecule has 2 aromatic rings. The molecule has 0 radical (unpaired) electrons. The molecule has 27 heavy (non-hydrogen) atoms. The largest absolute Gasteiger partial charge is 0.488 e. The minimum atomic E-state index is -0.252. The van der Waals surface area contributed by atoms with E-state index in [-0.39, 0.29) is 12.2 Å². The standard InChI is InChI=1S/C23H31NO3/c1-16-17(2)22-20(10-11-23(4,27-22)15-24-12-13-25)18(3)21(16)26-14-19-8-6-5-7-9-19/h5-9,24-25H,10-15H2,1-4H3. The summed E-state index contributed by atoms with van der Waals surface area (Å²) in [7, 11) is 0. The van der Waals surface area contributed by atoms with Crippen LogP contribution in [0.3, 0.4) is 0 Å². The van der Waals surface area contributed by atoms with Crippen molar-refractivity contribution in [3.8, 4) is 11.5 Å². The van der Waals surface area contributed by atoms with E-state index in [0.29, 0.717) is 13.2 Å². The van der Waals surface area contributed by atoms with E-state index < -0.39 is 0 Å². The lowest BCUT2D eigenvalue weighted by molar-refractivity contribution is 0.0622. The second-order valence-electron chi connectivity index (χ2n) is 7.74. The number of benzene rings is 2. The van der Waals surface area contributed by atoms with Gasteiger partial charge in [0.2, 0.25) is 0 Å². The molecule has 1 aliphatic heterocycles. The van der Waals surface area contributed by atoms with Gasteiger partial charge in [-0.2, -0.15) is 0 Å². The third-order valence-electron chi connectivity index (χ3n) is 5.58. The molecule has 1 atom stereocenters. The molecule has 4 nitrogen and oxygen atoms in total. The van der Waals surface area contributed by atoms with Crippen LogP contribution in [-0.4, -0.2) is 30.4 Å². The van der Waals surface area contributed by atoms with Gasteiger partial charge in [0.25, 0.3) is 0 Å². The maximum atomic E-state index is 9.00. The molecule has 4 heteroatoms. The topological polar surface area (TPSA) is 50.7 Å². The molecule has 2 aromatic carbocycles. The summed E-state index contributed by atoms with van der Waals surface area (Å²) < 4.78 is 12.7. The van der Waals surface area contributed by atoms with Crippen LogP contribution in [0.4, 0.5) is 0 Å². The zero-order chi connectivity index (χ0) is 19.4. The van der Waals surface area contributed by atoms with Crippen molar-refractivity contribution >= 4 is 0 Å². The molecule has 3 rings (SSSR count). The van der Waals surface area contributed by atoms with Gasteiger partial charge in [0.1, 0.15) is 23.7 Å². The molecule has 0 amide bonds. The van der Waals surface area contributed by atoms with E-state index >= 15 is 0 Å². The first kappa shape index (κ1) is 19.7. The molecule has 2 N–H and O–H groups in total. The monoisotopic (exact) mass is 369 g/mol. The van der Waals surface area contributed by atoms with Crippen LogP contribution < -0.4 is 14.8 Å². The Hall–Kier alpha value is -2.04. The van der Waals surface area contributed by atoms with E-state index in [4.69, 9.17) is 14.6 Å². The van der Waals surface area contributed by atoms with Crippen molar-refractivity contribution in [1.29, 1.82) is 0 Å². The molecule has 0 aliphatic carbocycles. The third-order valence-corrected chi connectivity index (χ3v) is 5.58. The maximum absolute atomic E-state index is 9.00. The van der Waals surface area contributed by atoms with Crippen molar-refractivity contribution in [2.75, 3.05) is 19.7 Å². The van der Waals surface area contributed by atoms with E-state index in [0.717, 1.165) is 42.0 Å². The minimum Gasteiger partial charge on any atom is -0.488 e. The van der Waals surface area contributed by atoms with Gasteiger partial charge in [0.05, 0.1) is 6.61 Å². The molecule has 146 valence electrons. The van der Waals surface area contributed by atoms with Crippen molar-refractivity contribution in [2.45, 2.75) is 52.7 Å². The second kappa shape index (κ2) is 8.32. The summed E-state index contributed by atoms with van der Waals surface area (Å²) in [5.41, 5.74) is 5.68. The number of ether oxygens (including phenoxy) is 2. The maximum Gasteiger partial charge on any atom is 0.127 e. The number of fused-ring (bicyclic) bond motifs is 1. The Morgan fingerprint density at radius 2 is 1.85 bits per heavy atom. The zero-order valence-electron chi connectivity index (χ0n) is 16.9. The fourth-order valence-corrected chi connectivity index (χ4v) is 3.78. The van der Waals surface area contributed by atoms with Gasteiger partial charge in [0, 0.05) is 18.7 Å². The van der Waals surface area contributed by atoms with Gasteiger partial charge < -0.3 is 19.9 Å². The Morgan fingerprint density at radius 1 is 1.11 bits per heavy atom. The molecule has 1 aliphatic rings. The summed E-state index contributed by atoms with van der Waals surface area (Å²) in [6.07, 6.45) is 1.92. The van der Waals surface area contributed by atoms with E-state index in [2.05, 4.69) is 45.1 Å². The van der Waals surface area contributed by atoms with Crippen LogP contribution in [0.15, 0.2) is 30.3 Å². The Bertz CT molecular complexity index is 788. The molecule has 0 aromatic heterocycles. The zero-order valence-corrected chi connectivity index (χ0v) is 16.9. The summed E-state index contributed by atoms with van der Waals surface area (Å²) in [6.45, 7) is 10.6. The highest BCUT2D eigenvalue weighted by atomic mass is 16.5. The molecule has 0 saturated carbocycles. The van der Waals surface area contributed by atoms with Crippen molar-refractivity contribution < 1.29 is 14.6 Å². The average Bonchev–Trinajstić information content (AvgIpc) is 2.67. The van der Waals surface area contributed by atoms with Crippen LogP contribution in [0.5, 0.6) is 11.5 Å². The first-order valence-corrected chi connectivity index (χ1v) is 9.75. The van der Waals surface area contributed by atoms with E-state index in [9.17, 15) is 0 Å². The fraction of sp³-hybridized carbons (Fsp3) is 0.478. The van der Waals surface area contributed by atoms with Crippen LogP contribution in [-0.2, 0) is 13.0 Å². The molecule has 0 spiro atoms. The Kier molecular flexibility index (Phi) is 6.08. The van der Waals surface area contributed by atoms with E-state index in [1.54, 1.807) is 0 Å². The van der Waals surface area contributed by atoms with E-state index in [1.807, 2.05) is 18.2 Å². The number of aliphatic hydroxyl groups excluding tert-OH is 1. The average molecular weight is 370 g/mol. The Morgan fingerprint density at radius 3 is 2.56 bits per heavy atom. The molecule has 1 unspecified atom stereocenters. The smallest absolute Gasteiger partial charge is 0.127 e. The Labute approximate surface area is 162 Å². The lowest BCUT2D eigenvalue weighted by Crippen LogP contribution is -2.46. The number of hydrogen-bond donors (Lipinski definition) is 2.